The van der Waals surface area contributed by atoms with Gasteiger partial charge in [0.1, 0.15) is 0 Å². The number of anilines is 1. The van der Waals surface area contributed by atoms with Gasteiger partial charge in [0.25, 0.3) is 0 Å². The van der Waals surface area contributed by atoms with Crippen molar-refractivity contribution in [1.29, 1.82) is 0 Å². The van der Waals surface area contributed by atoms with E-state index in [1.165, 1.54) is 18.4 Å². The van der Waals surface area contributed by atoms with Crippen LogP contribution in [0.25, 0.3) is 0 Å². The van der Waals surface area contributed by atoms with Crippen molar-refractivity contribution in [2.45, 2.75) is 25.3 Å². The quantitative estimate of drug-likeness (QED) is 0.804. The van der Waals surface area contributed by atoms with Crippen LogP contribution in [0.3, 0.4) is 0 Å². The van der Waals surface area contributed by atoms with Gasteiger partial charge in [-0.3, -0.25) is 9.69 Å². The number of nitrogens with zero attached hydrogens (tertiary/aromatic N) is 1. The zero-order valence-corrected chi connectivity index (χ0v) is 13.9. The number of hydrogen-bond donors (Lipinski definition) is 2. The van der Waals surface area contributed by atoms with Crippen molar-refractivity contribution in [2.24, 2.45) is 0 Å². The molecule has 3 rings (SSSR count). The molecule has 1 aliphatic heterocycles. The monoisotopic (exact) mass is 323 g/mol. The molecule has 2 aromatic carbocycles. The summed E-state index contributed by atoms with van der Waals surface area (Å²) in [6, 6.07) is 18.2. The molecule has 1 fully saturated rings. The standard InChI is InChI=1S/C20H25N3O/c21-18-10-8-16(9-11-18)14-20(24)22-15-19(23-12-4-5-13-23)17-6-2-1-3-7-17/h1-3,6-11,19H,4-5,12-15,21H2,(H,22,24). The summed E-state index contributed by atoms with van der Waals surface area (Å²) in [6.45, 7) is 2.86. The van der Waals surface area contributed by atoms with Crippen LogP contribution in [-0.4, -0.2) is 30.4 Å². The Morgan fingerprint density at radius 1 is 1.04 bits per heavy atom. The van der Waals surface area contributed by atoms with Crippen molar-refractivity contribution in [2.75, 3.05) is 25.4 Å². The molecule has 0 bridgehead atoms. The average molecular weight is 323 g/mol. The minimum atomic E-state index is 0.0555. The van der Waals surface area contributed by atoms with E-state index in [1.54, 1.807) is 0 Å². The first-order chi connectivity index (χ1) is 11.7. The van der Waals surface area contributed by atoms with Gasteiger partial charge in [0.05, 0.1) is 12.5 Å². The van der Waals surface area contributed by atoms with Gasteiger partial charge in [-0.1, -0.05) is 42.5 Å². The number of nitrogens with two attached hydrogens (primary N) is 1. The van der Waals surface area contributed by atoms with Crippen LogP contribution in [0.1, 0.15) is 30.0 Å². The van der Waals surface area contributed by atoms with Crippen molar-refractivity contribution in [3.8, 4) is 0 Å². The van der Waals surface area contributed by atoms with Gasteiger partial charge in [0.15, 0.2) is 0 Å². The first-order valence-electron chi connectivity index (χ1n) is 8.62. The van der Waals surface area contributed by atoms with Gasteiger partial charge in [-0.25, -0.2) is 0 Å². The summed E-state index contributed by atoms with van der Waals surface area (Å²) >= 11 is 0. The largest absolute Gasteiger partial charge is 0.399 e. The Hall–Kier alpha value is -2.33. The lowest BCUT2D eigenvalue weighted by molar-refractivity contribution is -0.120. The maximum atomic E-state index is 12.3. The molecule has 4 nitrogen and oxygen atoms in total. The number of hydrogen-bond acceptors (Lipinski definition) is 3. The molecule has 2 aromatic rings. The third-order valence-corrected chi connectivity index (χ3v) is 4.60. The maximum Gasteiger partial charge on any atom is 0.224 e. The fourth-order valence-corrected chi connectivity index (χ4v) is 3.28. The number of carbonyl (C=O) groups is 1. The molecule has 0 radical (unpaired) electrons. The Morgan fingerprint density at radius 3 is 2.38 bits per heavy atom. The van der Waals surface area contributed by atoms with E-state index in [0.29, 0.717) is 13.0 Å². The van der Waals surface area contributed by atoms with Crippen LogP contribution in [0.15, 0.2) is 54.6 Å². The molecule has 3 N–H and O–H groups in total. The van der Waals surface area contributed by atoms with Gasteiger partial charge >= 0.3 is 0 Å². The second-order valence-corrected chi connectivity index (χ2v) is 6.39. The molecule has 0 aromatic heterocycles. The third-order valence-electron chi connectivity index (χ3n) is 4.60. The lowest BCUT2D eigenvalue weighted by atomic mass is 10.1. The molecular formula is C20H25N3O. The summed E-state index contributed by atoms with van der Waals surface area (Å²) in [4.78, 5) is 14.8. The van der Waals surface area contributed by atoms with E-state index >= 15 is 0 Å². The van der Waals surface area contributed by atoms with Crippen molar-refractivity contribution < 1.29 is 4.79 Å². The zero-order valence-electron chi connectivity index (χ0n) is 13.9. The Balaban J connectivity index is 1.60. The van der Waals surface area contributed by atoms with Crippen LogP contribution < -0.4 is 11.1 Å². The van der Waals surface area contributed by atoms with E-state index in [0.717, 1.165) is 24.3 Å². The Labute approximate surface area is 143 Å². The molecule has 126 valence electrons. The first kappa shape index (κ1) is 16.5. The fourth-order valence-electron chi connectivity index (χ4n) is 3.28. The molecular weight excluding hydrogens is 298 g/mol. The van der Waals surface area contributed by atoms with Crippen molar-refractivity contribution in [1.82, 2.24) is 10.2 Å². The van der Waals surface area contributed by atoms with Crippen LogP contribution in [0.5, 0.6) is 0 Å². The first-order valence-corrected chi connectivity index (χ1v) is 8.62. The molecule has 1 aliphatic rings. The lowest BCUT2D eigenvalue weighted by Gasteiger charge is -2.28. The highest BCUT2D eigenvalue weighted by atomic mass is 16.1. The van der Waals surface area contributed by atoms with Gasteiger partial charge in [-0.2, -0.15) is 0 Å². The Morgan fingerprint density at radius 2 is 1.71 bits per heavy atom. The molecule has 0 spiro atoms. The third kappa shape index (κ3) is 4.36. The number of nitrogens with one attached hydrogen (secondary N) is 1. The summed E-state index contributed by atoms with van der Waals surface area (Å²) < 4.78 is 0. The number of benzene rings is 2. The summed E-state index contributed by atoms with van der Waals surface area (Å²) in [6.07, 6.45) is 2.87. The van der Waals surface area contributed by atoms with Crippen molar-refractivity contribution in [3.63, 3.8) is 0 Å². The molecule has 4 heteroatoms. The van der Waals surface area contributed by atoms with Gasteiger partial charge in [-0.15, -0.1) is 0 Å². The van der Waals surface area contributed by atoms with E-state index in [4.69, 9.17) is 5.73 Å². The van der Waals surface area contributed by atoms with Crippen molar-refractivity contribution >= 4 is 11.6 Å². The minimum absolute atomic E-state index is 0.0555. The predicted molar refractivity (Wildman–Crippen MR) is 97.6 cm³/mol. The minimum Gasteiger partial charge on any atom is -0.399 e. The molecule has 1 unspecified atom stereocenters. The molecule has 24 heavy (non-hydrogen) atoms. The van der Waals surface area contributed by atoms with E-state index in [-0.39, 0.29) is 11.9 Å². The average Bonchev–Trinajstić information content (AvgIpc) is 3.12. The molecule has 1 saturated heterocycles. The second-order valence-electron chi connectivity index (χ2n) is 6.39. The molecule has 1 heterocycles. The van der Waals surface area contributed by atoms with Gasteiger partial charge < -0.3 is 11.1 Å². The lowest BCUT2D eigenvalue weighted by Crippen LogP contribution is -2.37. The fraction of sp³-hybridized carbons (Fsp3) is 0.350. The van der Waals surface area contributed by atoms with E-state index in [1.807, 2.05) is 30.3 Å². The van der Waals surface area contributed by atoms with Gasteiger partial charge in [0, 0.05) is 12.2 Å². The predicted octanol–water partition coefficient (Wildman–Crippen LogP) is 2.76. The Bertz CT molecular complexity index is 648. The normalized spacial score (nSPS) is 16.0. The van der Waals surface area contributed by atoms with Crippen molar-refractivity contribution in [3.05, 3.63) is 65.7 Å². The van der Waals surface area contributed by atoms with E-state index in [9.17, 15) is 4.79 Å². The highest BCUT2D eigenvalue weighted by Crippen LogP contribution is 2.24. The van der Waals surface area contributed by atoms with Crippen LogP contribution in [0.2, 0.25) is 0 Å². The smallest absolute Gasteiger partial charge is 0.224 e. The molecule has 0 saturated carbocycles. The second kappa shape index (κ2) is 7.97. The number of amides is 1. The number of likely N-dealkylation sites (tertiary alicyclic amines) is 1. The summed E-state index contributed by atoms with van der Waals surface area (Å²) in [5, 5.41) is 3.11. The zero-order chi connectivity index (χ0) is 16.8. The Kier molecular flexibility index (Phi) is 5.49. The highest BCUT2D eigenvalue weighted by molar-refractivity contribution is 5.78. The van der Waals surface area contributed by atoms with Gasteiger partial charge in [-0.05, 0) is 49.2 Å². The topological polar surface area (TPSA) is 58.4 Å². The van der Waals surface area contributed by atoms with Crippen LogP contribution >= 0.6 is 0 Å². The number of rotatable bonds is 6. The summed E-state index contributed by atoms with van der Waals surface area (Å²) in [5.41, 5.74) is 8.66. The number of carbonyl (C=O) groups excluding carboxylic acids is 1. The van der Waals surface area contributed by atoms with Crippen LogP contribution in [0, 0.1) is 0 Å². The van der Waals surface area contributed by atoms with Gasteiger partial charge in [0.2, 0.25) is 5.91 Å². The van der Waals surface area contributed by atoms with E-state index in [2.05, 4.69) is 34.5 Å². The highest BCUT2D eigenvalue weighted by Gasteiger charge is 2.23. The van der Waals surface area contributed by atoms with Crippen LogP contribution in [0.4, 0.5) is 5.69 Å². The van der Waals surface area contributed by atoms with E-state index < -0.39 is 0 Å². The maximum absolute atomic E-state index is 12.3. The summed E-state index contributed by atoms with van der Waals surface area (Å²) in [7, 11) is 0. The molecule has 1 amide bonds. The van der Waals surface area contributed by atoms with Crippen LogP contribution in [-0.2, 0) is 11.2 Å². The summed E-state index contributed by atoms with van der Waals surface area (Å²) in [5.74, 6) is 0.0555. The molecule has 0 aliphatic carbocycles. The SMILES string of the molecule is Nc1ccc(CC(=O)NCC(c2ccccc2)N2CCCC2)cc1. The number of nitrogen functional groups attached to an aromatic ring is 1. The molecule has 1 atom stereocenters.